The van der Waals surface area contributed by atoms with Gasteiger partial charge in [0.25, 0.3) is 5.91 Å². The minimum Gasteiger partial charge on any atom is -0.335 e. The number of piperidine rings is 1. The first-order valence-corrected chi connectivity index (χ1v) is 9.97. The SMILES string of the molecule is O=C(c1cnccn1)N1C[C@H]2CC[C@@H](C1)N(S(=O)(=O)c1cccnc1)C2. The van der Waals surface area contributed by atoms with Crippen LogP contribution in [-0.4, -0.2) is 64.2 Å². The Labute approximate surface area is 151 Å². The van der Waals surface area contributed by atoms with Gasteiger partial charge in [-0.05, 0) is 30.9 Å². The average molecular weight is 373 g/mol. The van der Waals surface area contributed by atoms with E-state index in [0.717, 1.165) is 12.8 Å². The predicted octanol–water partition coefficient (Wildman–Crippen LogP) is 0.797. The van der Waals surface area contributed by atoms with Crippen molar-refractivity contribution in [3.05, 3.63) is 48.8 Å². The molecule has 2 atom stereocenters. The Morgan fingerprint density at radius 3 is 2.62 bits per heavy atom. The standard InChI is InChI=1S/C17H19N5O3S/c23-17(16-9-19-6-7-20-16)21-10-13-3-4-14(12-21)22(11-13)26(24,25)15-2-1-5-18-8-15/h1-2,5-9,13-14H,3-4,10-12H2/t13-,14+/m1/s1. The van der Waals surface area contributed by atoms with Gasteiger partial charge in [0.1, 0.15) is 10.6 Å². The molecule has 2 aromatic heterocycles. The summed E-state index contributed by atoms with van der Waals surface area (Å²) in [6.45, 7) is 1.32. The maximum absolute atomic E-state index is 13.0. The summed E-state index contributed by atoms with van der Waals surface area (Å²) in [4.78, 5) is 26.6. The molecule has 0 spiro atoms. The molecule has 0 N–H and O–H groups in total. The van der Waals surface area contributed by atoms with Gasteiger partial charge in [-0.3, -0.25) is 14.8 Å². The van der Waals surface area contributed by atoms with Gasteiger partial charge >= 0.3 is 0 Å². The van der Waals surface area contributed by atoms with E-state index in [2.05, 4.69) is 15.0 Å². The lowest BCUT2D eigenvalue weighted by molar-refractivity contribution is 0.0739. The van der Waals surface area contributed by atoms with Crippen molar-refractivity contribution in [2.45, 2.75) is 23.8 Å². The van der Waals surface area contributed by atoms with Crippen molar-refractivity contribution < 1.29 is 13.2 Å². The predicted molar refractivity (Wildman–Crippen MR) is 92.6 cm³/mol. The molecule has 9 heteroatoms. The van der Waals surface area contributed by atoms with Crippen LogP contribution in [0.1, 0.15) is 23.3 Å². The molecular weight excluding hydrogens is 354 g/mol. The zero-order chi connectivity index (χ0) is 18.1. The van der Waals surface area contributed by atoms with E-state index in [4.69, 9.17) is 0 Å². The molecule has 1 amide bonds. The van der Waals surface area contributed by atoms with Crippen LogP contribution >= 0.6 is 0 Å². The fourth-order valence-electron chi connectivity index (χ4n) is 3.71. The third kappa shape index (κ3) is 3.08. The van der Waals surface area contributed by atoms with Crippen LogP contribution in [0.3, 0.4) is 0 Å². The quantitative estimate of drug-likeness (QED) is 0.789. The van der Waals surface area contributed by atoms with Crippen molar-refractivity contribution >= 4 is 15.9 Å². The highest BCUT2D eigenvalue weighted by molar-refractivity contribution is 7.89. The molecule has 0 aromatic carbocycles. The Morgan fingerprint density at radius 1 is 1.04 bits per heavy atom. The van der Waals surface area contributed by atoms with Crippen molar-refractivity contribution in [2.75, 3.05) is 19.6 Å². The van der Waals surface area contributed by atoms with E-state index >= 15 is 0 Å². The number of rotatable bonds is 3. The van der Waals surface area contributed by atoms with Gasteiger partial charge < -0.3 is 4.90 Å². The lowest BCUT2D eigenvalue weighted by atomic mass is 9.97. The Bertz CT molecular complexity index is 891. The van der Waals surface area contributed by atoms with Gasteiger partial charge in [-0.1, -0.05) is 0 Å². The number of carbonyl (C=O) groups excluding carboxylic acids is 1. The first-order valence-electron chi connectivity index (χ1n) is 8.53. The Kier molecular flexibility index (Phi) is 4.41. The maximum atomic E-state index is 13.0. The number of hydrogen-bond acceptors (Lipinski definition) is 6. The molecule has 0 aliphatic carbocycles. The number of sulfonamides is 1. The second kappa shape index (κ2) is 6.73. The molecule has 136 valence electrons. The van der Waals surface area contributed by atoms with Crippen LogP contribution in [0.2, 0.25) is 0 Å². The molecule has 5 heterocycles. The Morgan fingerprint density at radius 2 is 1.88 bits per heavy atom. The van der Waals surface area contributed by atoms with Crippen LogP contribution in [0, 0.1) is 5.92 Å². The lowest BCUT2D eigenvalue weighted by Gasteiger charge is -2.34. The van der Waals surface area contributed by atoms with Crippen LogP contribution in [0.4, 0.5) is 0 Å². The fourth-order valence-corrected chi connectivity index (χ4v) is 5.39. The highest BCUT2D eigenvalue weighted by atomic mass is 32.2. The van der Waals surface area contributed by atoms with Gasteiger partial charge in [-0.2, -0.15) is 4.31 Å². The third-order valence-corrected chi connectivity index (χ3v) is 6.88. The van der Waals surface area contributed by atoms with Gasteiger partial charge in [0, 0.05) is 50.5 Å². The van der Waals surface area contributed by atoms with Crippen molar-refractivity contribution in [1.29, 1.82) is 0 Å². The molecule has 3 fully saturated rings. The molecule has 8 nitrogen and oxygen atoms in total. The van der Waals surface area contributed by atoms with Gasteiger partial charge in [-0.25, -0.2) is 13.4 Å². The molecule has 3 aliphatic heterocycles. The molecule has 0 unspecified atom stereocenters. The topological polar surface area (TPSA) is 96.4 Å². The van der Waals surface area contributed by atoms with E-state index in [1.54, 1.807) is 27.5 Å². The van der Waals surface area contributed by atoms with Crippen LogP contribution in [0.25, 0.3) is 0 Å². The van der Waals surface area contributed by atoms with Crippen LogP contribution < -0.4 is 0 Å². The van der Waals surface area contributed by atoms with Crippen molar-refractivity contribution in [3.8, 4) is 0 Å². The Balaban J connectivity index is 1.60. The van der Waals surface area contributed by atoms with Gasteiger partial charge in [0.2, 0.25) is 10.0 Å². The number of aromatic nitrogens is 3. The fraction of sp³-hybridized carbons (Fsp3) is 0.412. The molecule has 5 rings (SSSR count). The molecule has 2 bridgehead atoms. The van der Waals surface area contributed by atoms with E-state index in [1.807, 2.05) is 0 Å². The van der Waals surface area contributed by atoms with E-state index in [-0.39, 0.29) is 28.5 Å². The first kappa shape index (κ1) is 17.0. The minimum absolute atomic E-state index is 0.112. The van der Waals surface area contributed by atoms with E-state index in [0.29, 0.717) is 19.6 Å². The molecular formula is C17H19N5O3S. The normalized spacial score (nSPS) is 23.6. The number of pyridine rings is 1. The number of hydrogen-bond donors (Lipinski definition) is 0. The second-order valence-corrected chi connectivity index (χ2v) is 8.55. The summed E-state index contributed by atoms with van der Waals surface area (Å²) in [5, 5.41) is 0. The number of fused-ring (bicyclic) bond motifs is 4. The molecule has 0 radical (unpaired) electrons. The summed E-state index contributed by atoms with van der Waals surface area (Å²) < 4.78 is 27.6. The highest BCUT2D eigenvalue weighted by Crippen LogP contribution is 2.32. The summed E-state index contributed by atoms with van der Waals surface area (Å²) in [6.07, 6.45) is 9.02. The number of nitrogens with zero attached hydrogens (tertiary/aromatic N) is 5. The van der Waals surface area contributed by atoms with Gasteiger partial charge in [0.15, 0.2) is 0 Å². The Hall–Kier alpha value is -2.39. The third-order valence-electron chi connectivity index (χ3n) is 4.97. The molecule has 3 aliphatic rings. The second-order valence-electron chi connectivity index (χ2n) is 6.66. The molecule has 26 heavy (non-hydrogen) atoms. The lowest BCUT2D eigenvalue weighted by Crippen LogP contribution is -2.47. The molecule has 2 aromatic rings. The van der Waals surface area contributed by atoms with Crippen LogP contribution in [-0.2, 0) is 10.0 Å². The van der Waals surface area contributed by atoms with Crippen molar-refractivity contribution in [3.63, 3.8) is 0 Å². The van der Waals surface area contributed by atoms with Gasteiger partial charge in [-0.15, -0.1) is 0 Å². The number of carbonyl (C=O) groups is 1. The summed E-state index contributed by atoms with van der Waals surface area (Å²) in [5.74, 6) is -0.0866. The molecule has 3 saturated heterocycles. The molecule has 0 saturated carbocycles. The minimum atomic E-state index is -3.63. The van der Waals surface area contributed by atoms with Gasteiger partial charge in [0.05, 0.1) is 6.20 Å². The summed E-state index contributed by atoms with van der Waals surface area (Å²) in [5.41, 5.74) is 0.287. The maximum Gasteiger partial charge on any atom is 0.274 e. The largest absolute Gasteiger partial charge is 0.335 e. The van der Waals surface area contributed by atoms with Crippen molar-refractivity contribution in [2.24, 2.45) is 5.92 Å². The smallest absolute Gasteiger partial charge is 0.274 e. The monoisotopic (exact) mass is 373 g/mol. The van der Waals surface area contributed by atoms with Crippen LogP contribution in [0.15, 0.2) is 48.0 Å². The summed E-state index contributed by atoms with van der Waals surface area (Å²) >= 11 is 0. The summed E-state index contributed by atoms with van der Waals surface area (Å²) in [7, 11) is -3.63. The highest BCUT2D eigenvalue weighted by Gasteiger charge is 2.42. The average Bonchev–Trinajstić information content (AvgIpc) is 3.01. The summed E-state index contributed by atoms with van der Waals surface area (Å²) in [6, 6.07) is 2.94. The zero-order valence-corrected chi connectivity index (χ0v) is 14.9. The zero-order valence-electron chi connectivity index (χ0n) is 14.1. The first-order chi connectivity index (χ1) is 12.6. The van der Waals surface area contributed by atoms with E-state index < -0.39 is 10.0 Å². The van der Waals surface area contributed by atoms with Crippen molar-refractivity contribution in [1.82, 2.24) is 24.2 Å². The van der Waals surface area contributed by atoms with E-state index in [9.17, 15) is 13.2 Å². The number of amides is 1. The van der Waals surface area contributed by atoms with Crippen LogP contribution in [0.5, 0.6) is 0 Å². The van der Waals surface area contributed by atoms with E-state index in [1.165, 1.54) is 24.8 Å².